The molecule has 0 atom stereocenters. The zero-order valence-corrected chi connectivity index (χ0v) is 11.3. The Labute approximate surface area is 107 Å². The summed E-state index contributed by atoms with van der Waals surface area (Å²) >= 11 is 5.91. The summed E-state index contributed by atoms with van der Waals surface area (Å²) in [6, 6.07) is 0. The second-order valence-electron chi connectivity index (χ2n) is 3.86. The molecule has 0 saturated carbocycles. The van der Waals surface area contributed by atoms with Crippen LogP contribution in [0.2, 0.25) is 5.15 Å². The first-order valence-electron chi connectivity index (χ1n) is 5.53. The molecule has 0 aliphatic carbocycles. The van der Waals surface area contributed by atoms with Crippen LogP contribution < -0.4 is 5.32 Å². The highest BCUT2D eigenvalue weighted by atomic mass is 35.5. The Balaban J connectivity index is 2.33. The number of ether oxygens (including phenoxy) is 1. The van der Waals surface area contributed by atoms with Crippen molar-refractivity contribution in [3.63, 3.8) is 0 Å². The average molecular weight is 259 g/mol. The van der Waals surface area contributed by atoms with E-state index in [1.54, 1.807) is 7.11 Å². The van der Waals surface area contributed by atoms with E-state index >= 15 is 0 Å². The van der Waals surface area contributed by atoms with Gasteiger partial charge in [0.1, 0.15) is 17.3 Å². The fourth-order valence-corrected chi connectivity index (χ4v) is 1.46. The Hall–Kier alpha value is -0.910. The van der Waals surface area contributed by atoms with Crippen LogP contribution >= 0.6 is 11.6 Å². The normalized spacial score (nSPS) is 10.9. The quantitative estimate of drug-likeness (QED) is 0.750. The second-order valence-corrected chi connectivity index (χ2v) is 4.22. The van der Waals surface area contributed by atoms with Crippen molar-refractivity contribution >= 4 is 17.4 Å². The van der Waals surface area contributed by atoms with Gasteiger partial charge in [-0.1, -0.05) is 11.6 Å². The molecule has 6 heteroatoms. The topological polar surface area (TPSA) is 50.3 Å². The molecule has 0 aliphatic heterocycles. The fraction of sp³-hybridized carbons (Fsp3) is 0.636. The molecule has 0 unspecified atom stereocenters. The number of halogens is 1. The molecule has 1 N–H and O–H groups in total. The minimum Gasteiger partial charge on any atom is -0.383 e. The number of nitrogens with one attached hydrogen (secondary N) is 1. The maximum absolute atomic E-state index is 5.91. The SMILES string of the molecule is COCCN(C)CCNc1ncnc(Cl)c1C. The molecule has 1 aromatic rings. The molecule has 0 fully saturated rings. The molecule has 0 radical (unpaired) electrons. The van der Waals surface area contributed by atoms with Crippen LogP contribution in [0.25, 0.3) is 0 Å². The number of aromatic nitrogens is 2. The minimum absolute atomic E-state index is 0.496. The molecular weight excluding hydrogens is 240 g/mol. The van der Waals surface area contributed by atoms with E-state index in [4.69, 9.17) is 16.3 Å². The smallest absolute Gasteiger partial charge is 0.137 e. The third-order valence-corrected chi connectivity index (χ3v) is 2.87. The van der Waals surface area contributed by atoms with Crippen LogP contribution in [-0.2, 0) is 4.74 Å². The number of anilines is 1. The van der Waals surface area contributed by atoms with Crippen molar-refractivity contribution in [3.05, 3.63) is 17.0 Å². The van der Waals surface area contributed by atoms with Gasteiger partial charge in [-0.05, 0) is 14.0 Å². The van der Waals surface area contributed by atoms with Gasteiger partial charge in [0.05, 0.1) is 6.61 Å². The summed E-state index contributed by atoms with van der Waals surface area (Å²) in [6.07, 6.45) is 1.46. The van der Waals surface area contributed by atoms with Crippen molar-refractivity contribution in [2.24, 2.45) is 0 Å². The van der Waals surface area contributed by atoms with E-state index in [0.717, 1.165) is 37.6 Å². The van der Waals surface area contributed by atoms with Gasteiger partial charge in [-0.2, -0.15) is 0 Å². The third kappa shape index (κ3) is 4.85. The van der Waals surface area contributed by atoms with E-state index in [2.05, 4.69) is 27.2 Å². The predicted molar refractivity (Wildman–Crippen MR) is 69.6 cm³/mol. The molecule has 96 valence electrons. The van der Waals surface area contributed by atoms with E-state index in [1.165, 1.54) is 6.33 Å². The Kier molecular flexibility index (Phi) is 6.18. The first-order chi connectivity index (χ1) is 8.15. The van der Waals surface area contributed by atoms with E-state index in [9.17, 15) is 0 Å². The Bertz CT molecular complexity index is 348. The van der Waals surface area contributed by atoms with Gasteiger partial charge < -0.3 is 15.0 Å². The number of methoxy groups -OCH3 is 1. The van der Waals surface area contributed by atoms with Gasteiger partial charge in [0.25, 0.3) is 0 Å². The molecular formula is C11H19ClN4O. The highest BCUT2D eigenvalue weighted by Gasteiger charge is 2.04. The van der Waals surface area contributed by atoms with Gasteiger partial charge in [0.15, 0.2) is 0 Å². The van der Waals surface area contributed by atoms with Crippen LogP contribution in [0.4, 0.5) is 5.82 Å². The van der Waals surface area contributed by atoms with Gasteiger partial charge >= 0.3 is 0 Å². The number of rotatable bonds is 7. The van der Waals surface area contributed by atoms with Crippen LogP contribution in [-0.4, -0.2) is 55.3 Å². The van der Waals surface area contributed by atoms with Crippen LogP contribution in [0.3, 0.4) is 0 Å². The zero-order valence-electron chi connectivity index (χ0n) is 10.5. The maximum Gasteiger partial charge on any atom is 0.137 e. The molecule has 5 nitrogen and oxygen atoms in total. The van der Waals surface area contributed by atoms with Gasteiger partial charge in [-0.25, -0.2) is 9.97 Å². The molecule has 1 rings (SSSR count). The number of nitrogens with zero attached hydrogens (tertiary/aromatic N) is 3. The van der Waals surface area contributed by atoms with Crippen LogP contribution in [0.1, 0.15) is 5.56 Å². The zero-order chi connectivity index (χ0) is 12.7. The molecule has 17 heavy (non-hydrogen) atoms. The van der Waals surface area contributed by atoms with Crippen molar-refractivity contribution in [1.29, 1.82) is 0 Å². The Morgan fingerprint density at radius 2 is 2.18 bits per heavy atom. The highest BCUT2D eigenvalue weighted by Crippen LogP contribution is 2.17. The number of hydrogen-bond acceptors (Lipinski definition) is 5. The van der Waals surface area contributed by atoms with Crippen molar-refractivity contribution in [3.8, 4) is 0 Å². The molecule has 1 heterocycles. The fourth-order valence-electron chi connectivity index (χ4n) is 1.33. The van der Waals surface area contributed by atoms with Crippen LogP contribution in [0, 0.1) is 6.92 Å². The van der Waals surface area contributed by atoms with Crippen molar-refractivity contribution in [2.45, 2.75) is 6.92 Å². The van der Waals surface area contributed by atoms with Gasteiger partial charge in [-0.3, -0.25) is 0 Å². The summed E-state index contributed by atoms with van der Waals surface area (Å²) in [7, 11) is 3.76. The van der Waals surface area contributed by atoms with Gasteiger partial charge in [-0.15, -0.1) is 0 Å². The maximum atomic E-state index is 5.91. The third-order valence-electron chi connectivity index (χ3n) is 2.49. The summed E-state index contributed by atoms with van der Waals surface area (Å²) < 4.78 is 5.01. The van der Waals surface area contributed by atoms with E-state index in [-0.39, 0.29) is 0 Å². The first-order valence-corrected chi connectivity index (χ1v) is 5.91. The number of hydrogen-bond donors (Lipinski definition) is 1. The molecule has 0 saturated heterocycles. The van der Waals surface area contributed by atoms with Crippen LogP contribution in [0.15, 0.2) is 6.33 Å². The largest absolute Gasteiger partial charge is 0.383 e. The van der Waals surface area contributed by atoms with Crippen molar-refractivity contribution in [1.82, 2.24) is 14.9 Å². The summed E-state index contributed by atoms with van der Waals surface area (Å²) in [4.78, 5) is 10.2. The molecule has 0 aliphatic rings. The molecule has 0 amide bonds. The highest BCUT2D eigenvalue weighted by molar-refractivity contribution is 6.30. The Morgan fingerprint density at radius 1 is 1.41 bits per heavy atom. The molecule has 1 aromatic heterocycles. The lowest BCUT2D eigenvalue weighted by Crippen LogP contribution is -2.28. The van der Waals surface area contributed by atoms with Gasteiger partial charge in [0, 0.05) is 32.3 Å². The van der Waals surface area contributed by atoms with E-state index < -0.39 is 0 Å². The monoisotopic (exact) mass is 258 g/mol. The van der Waals surface area contributed by atoms with Gasteiger partial charge in [0.2, 0.25) is 0 Å². The van der Waals surface area contributed by atoms with Crippen molar-refractivity contribution < 1.29 is 4.74 Å². The average Bonchev–Trinajstić information content (AvgIpc) is 2.32. The molecule has 0 spiro atoms. The summed E-state index contributed by atoms with van der Waals surface area (Å²) in [6.45, 7) is 5.30. The molecule has 0 aromatic carbocycles. The minimum atomic E-state index is 0.496. The van der Waals surface area contributed by atoms with E-state index in [0.29, 0.717) is 5.15 Å². The molecule has 0 bridgehead atoms. The summed E-state index contributed by atoms with van der Waals surface area (Å²) in [5, 5.41) is 3.74. The summed E-state index contributed by atoms with van der Waals surface area (Å²) in [5.74, 6) is 0.796. The lowest BCUT2D eigenvalue weighted by molar-refractivity contribution is 0.163. The Morgan fingerprint density at radius 3 is 2.88 bits per heavy atom. The van der Waals surface area contributed by atoms with E-state index in [1.807, 2.05) is 6.92 Å². The standard InChI is InChI=1S/C11H19ClN4O/c1-9-10(12)14-8-15-11(9)13-4-5-16(2)6-7-17-3/h8H,4-7H2,1-3H3,(H,13,14,15). The van der Waals surface area contributed by atoms with Crippen molar-refractivity contribution in [2.75, 3.05) is 45.7 Å². The first kappa shape index (κ1) is 14.2. The lowest BCUT2D eigenvalue weighted by atomic mass is 10.3. The second kappa shape index (κ2) is 7.42. The number of likely N-dealkylation sites (N-methyl/N-ethyl adjacent to an activating group) is 1. The predicted octanol–water partition coefficient (Wildman–Crippen LogP) is 1.43. The lowest BCUT2D eigenvalue weighted by Gasteiger charge is -2.16. The summed E-state index contributed by atoms with van der Waals surface area (Å²) in [5.41, 5.74) is 0.883. The van der Waals surface area contributed by atoms with Crippen LogP contribution in [0.5, 0.6) is 0 Å².